The van der Waals surface area contributed by atoms with Crippen molar-refractivity contribution >= 4 is 17.5 Å². The molecular formula is C22H29FN3O2+. The number of carbonyl (C=O) groups excluding carboxylic acids is 2. The third-order valence-corrected chi connectivity index (χ3v) is 4.51. The van der Waals surface area contributed by atoms with Crippen LogP contribution in [0.3, 0.4) is 0 Å². The van der Waals surface area contributed by atoms with Gasteiger partial charge in [0, 0.05) is 16.8 Å². The number of anilines is 1. The van der Waals surface area contributed by atoms with Crippen molar-refractivity contribution in [3.8, 4) is 0 Å². The van der Waals surface area contributed by atoms with E-state index in [4.69, 9.17) is 0 Å². The molecule has 2 aromatic rings. The van der Waals surface area contributed by atoms with Crippen LogP contribution in [0.25, 0.3) is 0 Å². The average molecular weight is 386 g/mol. The van der Waals surface area contributed by atoms with Crippen molar-refractivity contribution in [1.82, 2.24) is 4.90 Å². The van der Waals surface area contributed by atoms with E-state index in [-0.39, 0.29) is 36.8 Å². The van der Waals surface area contributed by atoms with Gasteiger partial charge in [-0.25, -0.2) is 4.39 Å². The molecule has 1 atom stereocenters. The van der Waals surface area contributed by atoms with Gasteiger partial charge < -0.3 is 15.5 Å². The van der Waals surface area contributed by atoms with Crippen LogP contribution in [-0.4, -0.2) is 35.3 Å². The van der Waals surface area contributed by atoms with Gasteiger partial charge in [0.05, 0.1) is 0 Å². The van der Waals surface area contributed by atoms with Crippen molar-refractivity contribution in [3.05, 3.63) is 66.0 Å². The number of benzene rings is 2. The fourth-order valence-corrected chi connectivity index (χ4v) is 2.86. The van der Waals surface area contributed by atoms with Gasteiger partial charge in [-0.1, -0.05) is 30.3 Å². The lowest BCUT2D eigenvalue weighted by Gasteiger charge is -2.34. The standard InChI is InChI=1S/C22H28FN3O2/c1-16(17-8-6-5-7-9-17)24-14-21(28)26(22(2,3)4)15-20(27)25-19-12-10-18(23)11-13-19/h5-13,16,24H,14-15H2,1-4H3,(H,25,27)/p+1/t16-/m0/s1. The molecule has 0 heterocycles. The van der Waals surface area contributed by atoms with Gasteiger partial charge in [0.2, 0.25) is 5.91 Å². The average Bonchev–Trinajstić information content (AvgIpc) is 2.65. The van der Waals surface area contributed by atoms with E-state index in [9.17, 15) is 14.0 Å². The molecular weight excluding hydrogens is 357 g/mol. The first-order chi connectivity index (χ1) is 13.2. The molecule has 0 aromatic heterocycles. The number of halogens is 1. The lowest BCUT2D eigenvalue weighted by atomic mass is 10.1. The Bertz CT molecular complexity index is 786. The summed E-state index contributed by atoms with van der Waals surface area (Å²) in [6, 6.07) is 15.7. The van der Waals surface area contributed by atoms with E-state index >= 15 is 0 Å². The number of hydrogen-bond acceptors (Lipinski definition) is 2. The second kappa shape index (κ2) is 9.46. The Balaban J connectivity index is 1.97. The van der Waals surface area contributed by atoms with E-state index in [0.29, 0.717) is 5.69 Å². The molecule has 5 nitrogen and oxygen atoms in total. The molecule has 3 N–H and O–H groups in total. The highest BCUT2D eigenvalue weighted by atomic mass is 19.1. The maximum atomic E-state index is 13.0. The Hall–Kier alpha value is -2.73. The smallest absolute Gasteiger partial charge is 0.278 e. The molecule has 28 heavy (non-hydrogen) atoms. The van der Waals surface area contributed by atoms with Crippen LogP contribution in [0.15, 0.2) is 54.6 Å². The third-order valence-electron chi connectivity index (χ3n) is 4.51. The Morgan fingerprint density at radius 2 is 1.68 bits per heavy atom. The largest absolute Gasteiger partial charge is 0.333 e. The molecule has 0 spiro atoms. The van der Waals surface area contributed by atoms with E-state index in [1.807, 2.05) is 63.3 Å². The summed E-state index contributed by atoms with van der Waals surface area (Å²) < 4.78 is 13.0. The third kappa shape index (κ3) is 6.46. The lowest BCUT2D eigenvalue weighted by molar-refractivity contribution is -0.683. The van der Waals surface area contributed by atoms with E-state index < -0.39 is 5.54 Å². The number of rotatable bonds is 7. The number of carbonyl (C=O) groups is 2. The number of amides is 2. The molecule has 2 amide bonds. The fraction of sp³-hybridized carbons (Fsp3) is 0.364. The second-order valence-electron chi connectivity index (χ2n) is 7.84. The summed E-state index contributed by atoms with van der Waals surface area (Å²) in [4.78, 5) is 26.8. The summed E-state index contributed by atoms with van der Waals surface area (Å²) in [5.74, 6) is -0.789. The highest BCUT2D eigenvalue weighted by Gasteiger charge is 2.29. The molecule has 0 aliphatic rings. The number of hydrogen-bond donors (Lipinski definition) is 2. The SMILES string of the molecule is C[C@H]([NH2+]CC(=O)N(CC(=O)Nc1ccc(F)cc1)C(C)(C)C)c1ccccc1. The monoisotopic (exact) mass is 386 g/mol. The minimum atomic E-state index is -0.499. The Morgan fingerprint density at radius 1 is 1.07 bits per heavy atom. The zero-order valence-electron chi connectivity index (χ0n) is 16.9. The quantitative estimate of drug-likeness (QED) is 0.768. The predicted octanol–water partition coefficient (Wildman–Crippen LogP) is 2.72. The summed E-state index contributed by atoms with van der Waals surface area (Å²) in [5.41, 5.74) is 1.14. The molecule has 6 heteroatoms. The summed E-state index contributed by atoms with van der Waals surface area (Å²) in [5, 5.41) is 4.67. The molecule has 150 valence electrons. The lowest BCUT2D eigenvalue weighted by Crippen LogP contribution is -2.87. The van der Waals surface area contributed by atoms with Crippen LogP contribution in [0.5, 0.6) is 0 Å². The molecule has 0 aliphatic heterocycles. The van der Waals surface area contributed by atoms with Crippen molar-refractivity contribution in [2.45, 2.75) is 39.3 Å². The van der Waals surface area contributed by atoms with Gasteiger partial charge in [0.1, 0.15) is 18.4 Å². The molecule has 0 saturated carbocycles. The first-order valence-electron chi connectivity index (χ1n) is 9.41. The molecule has 0 aliphatic carbocycles. The van der Waals surface area contributed by atoms with Crippen molar-refractivity contribution in [2.24, 2.45) is 0 Å². The Labute approximate surface area is 165 Å². The zero-order valence-corrected chi connectivity index (χ0v) is 16.9. The maximum Gasteiger partial charge on any atom is 0.278 e. The number of nitrogens with zero attached hydrogens (tertiary/aromatic N) is 1. The highest BCUT2D eigenvalue weighted by molar-refractivity contribution is 5.94. The predicted molar refractivity (Wildman–Crippen MR) is 108 cm³/mol. The van der Waals surface area contributed by atoms with Crippen LogP contribution in [0.2, 0.25) is 0 Å². The van der Waals surface area contributed by atoms with Gasteiger partial charge >= 0.3 is 0 Å². The molecule has 0 unspecified atom stereocenters. The van der Waals surface area contributed by atoms with E-state index in [0.717, 1.165) is 5.56 Å². The van der Waals surface area contributed by atoms with Gasteiger partial charge in [-0.05, 0) is 52.0 Å². The molecule has 2 rings (SSSR count). The first kappa shape index (κ1) is 21.6. The minimum absolute atomic E-state index is 0.0622. The molecule has 2 aromatic carbocycles. The molecule has 0 fully saturated rings. The Kier molecular flexibility index (Phi) is 7.29. The summed E-state index contributed by atoms with van der Waals surface area (Å²) in [7, 11) is 0. The molecule has 0 saturated heterocycles. The topological polar surface area (TPSA) is 66.0 Å². The van der Waals surface area contributed by atoms with Crippen LogP contribution >= 0.6 is 0 Å². The number of quaternary nitrogens is 1. The van der Waals surface area contributed by atoms with Gasteiger partial charge in [0.25, 0.3) is 5.91 Å². The van der Waals surface area contributed by atoms with Crippen LogP contribution in [0, 0.1) is 5.82 Å². The Morgan fingerprint density at radius 3 is 2.25 bits per heavy atom. The van der Waals surface area contributed by atoms with E-state index in [2.05, 4.69) is 5.32 Å². The van der Waals surface area contributed by atoms with Crippen molar-refractivity contribution in [3.63, 3.8) is 0 Å². The van der Waals surface area contributed by atoms with Gasteiger partial charge in [-0.2, -0.15) is 0 Å². The van der Waals surface area contributed by atoms with Crippen molar-refractivity contribution in [1.29, 1.82) is 0 Å². The molecule has 0 radical (unpaired) electrons. The van der Waals surface area contributed by atoms with Gasteiger partial charge in [0.15, 0.2) is 6.54 Å². The van der Waals surface area contributed by atoms with Crippen LogP contribution < -0.4 is 10.6 Å². The van der Waals surface area contributed by atoms with Gasteiger partial charge in [-0.15, -0.1) is 0 Å². The van der Waals surface area contributed by atoms with E-state index in [1.54, 1.807) is 4.90 Å². The number of nitrogens with two attached hydrogens (primary N) is 1. The molecule has 0 bridgehead atoms. The zero-order chi connectivity index (χ0) is 20.7. The summed E-state index contributed by atoms with van der Waals surface area (Å²) >= 11 is 0. The summed E-state index contributed by atoms with van der Waals surface area (Å²) in [6.07, 6.45) is 0. The fourth-order valence-electron chi connectivity index (χ4n) is 2.86. The normalized spacial score (nSPS) is 12.3. The van der Waals surface area contributed by atoms with Crippen LogP contribution in [0.4, 0.5) is 10.1 Å². The highest BCUT2D eigenvalue weighted by Crippen LogP contribution is 2.14. The van der Waals surface area contributed by atoms with Crippen molar-refractivity contribution in [2.75, 3.05) is 18.4 Å². The van der Waals surface area contributed by atoms with Crippen LogP contribution in [-0.2, 0) is 9.59 Å². The summed E-state index contributed by atoms with van der Waals surface area (Å²) in [6.45, 7) is 7.93. The van der Waals surface area contributed by atoms with E-state index in [1.165, 1.54) is 24.3 Å². The first-order valence-corrected chi connectivity index (χ1v) is 9.41. The minimum Gasteiger partial charge on any atom is -0.333 e. The van der Waals surface area contributed by atoms with Crippen molar-refractivity contribution < 1.29 is 19.3 Å². The number of nitrogens with one attached hydrogen (secondary N) is 1. The van der Waals surface area contributed by atoms with Crippen LogP contribution in [0.1, 0.15) is 39.3 Å². The van der Waals surface area contributed by atoms with Gasteiger partial charge in [-0.3, -0.25) is 9.59 Å². The maximum absolute atomic E-state index is 13.0. The second-order valence-corrected chi connectivity index (χ2v) is 7.84.